The highest BCUT2D eigenvalue weighted by atomic mass is 16.2. The number of aromatic nitrogens is 2. The van der Waals surface area contributed by atoms with Crippen LogP contribution < -0.4 is 11.1 Å². The maximum absolute atomic E-state index is 12.8. The van der Waals surface area contributed by atoms with E-state index in [1.165, 1.54) is 6.20 Å². The molecule has 2 aromatic rings. The fourth-order valence-electron chi connectivity index (χ4n) is 3.76. The highest BCUT2D eigenvalue weighted by molar-refractivity contribution is 6.01. The van der Waals surface area contributed by atoms with Crippen molar-refractivity contribution in [3.8, 4) is 6.07 Å². The molecule has 2 atom stereocenters. The third-order valence-corrected chi connectivity index (χ3v) is 5.78. The molecule has 0 spiro atoms. The molecule has 3 heterocycles. The Balaban J connectivity index is 1.62. The molecule has 0 radical (unpaired) electrons. The quantitative estimate of drug-likeness (QED) is 0.848. The number of nitrogens with one attached hydrogen (secondary N) is 1. The molecule has 2 aromatic heterocycles. The Morgan fingerprint density at radius 1 is 1.44 bits per heavy atom. The molecule has 27 heavy (non-hydrogen) atoms. The van der Waals surface area contributed by atoms with Gasteiger partial charge in [-0.15, -0.1) is 0 Å². The largest absolute Gasteiger partial charge is 0.378 e. The van der Waals surface area contributed by atoms with E-state index in [0.717, 1.165) is 11.9 Å². The first kappa shape index (κ1) is 17.3. The number of primary amides is 1. The van der Waals surface area contributed by atoms with Crippen molar-refractivity contribution in [2.24, 2.45) is 17.1 Å². The summed E-state index contributed by atoms with van der Waals surface area (Å²) in [6, 6.07) is 5.86. The van der Waals surface area contributed by atoms with Crippen LogP contribution in [0.2, 0.25) is 0 Å². The van der Waals surface area contributed by atoms with Crippen LogP contribution in [0, 0.1) is 22.7 Å². The second-order valence-electron chi connectivity index (χ2n) is 7.60. The third kappa shape index (κ3) is 2.89. The molecule has 2 fully saturated rings. The zero-order chi connectivity index (χ0) is 19.2. The van der Waals surface area contributed by atoms with Gasteiger partial charge >= 0.3 is 0 Å². The van der Waals surface area contributed by atoms with E-state index in [0.29, 0.717) is 43.1 Å². The first-order chi connectivity index (χ1) is 12.9. The van der Waals surface area contributed by atoms with E-state index in [4.69, 9.17) is 5.73 Å². The summed E-state index contributed by atoms with van der Waals surface area (Å²) in [5.74, 6) is -0.317. The molecular weight excluding hydrogens is 344 g/mol. The molecule has 0 bridgehead atoms. The molecule has 140 valence electrons. The summed E-state index contributed by atoms with van der Waals surface area (Å²) in [4.78, 5) is 26.4. The predicted molar refractivity (Wildman–Crippen MR) is 98.8 cm³/mol. The molecule has 1 saturated heterocycles. The second kappa shape index (κ2) is 6.27. The molecule has 1 aliphatic heterocycles. The van der Waals surface area contributed by atoms with Gasteiger partial charge in [-0.3, -0.25) is 9.59 Å². The minimum Gasteiger partial charge on any atom is -0.378 e. The van der Waals surface area contributed by atoms with E-state index in [1.807, 2.05) is 12.1 Å². The fraction of sp³-hybridized carbons (Fsp3) is 0.474. The number of piperidine rings is 1. The van der Waals surface area contributed by atoms with Crippen molar-refractivity contribution < 1.29 is 9.59 Å². The number of nitrogens with zero attached hydrogens (tertiary/aromatic N) is 4. The standard InChI is InChI=1S/C19H22N6O2/c1-12-4-8-24(18(27)19(11-20)5-6-19)10-14(12)23-16-13(17(21)26)9-22-25-7-2-3-15(16)25/h2-3,7,9,12,14,23H,4-6,8,10H2,1H3,(H2,21,26). The Morgan fingerprint density at radius 2 is 2.22 bits per heavy atom. The Kier molecular flexibility index (Phi) is 4.02. The highest BCUT2D eigenvalue weighted by Gasteiger charge is 2.53. The van der Waals surface area contributed by atoms with Gasteiger partial charge in [0.1, 0.15) is 5.41 Å². The Labute approximate surface area is 156 Å². The number of carbonyl (C=O) groups excluding carboxylic acids is 2. The van der Waals surface area contributed by atoms with Crippen molar-refractivity contribution >= 4 is 23.0 Å². The van der Waals surface area contributed by atoms with Crippen LogP contribution in [0.1, 0.15) is 36.5 Å². The van der Waals surface area contributed by atoms with Gasteiger partial charge in [0.05, 0.1) is 29.0 Å². The summed E-state index contributed by atoms with van der Waals surface area (Å²) < 4.78 is 1.68. The zero-order valence-corrected chi connectivity index (χ0v) is 15.2. The fourth-order valence-corrected chi connectivity index (χ4v) is 3.76. The van der Waals surface area contributed by atoms with Crippen LogP contribution in [-0.4, -0.2) is 45.5 Å². The normalized spacial score (nSPS) is 23.6. The van der Waals surface area contributed by atoms with Gasteiger partial charge < -0.3 is 16.0 Å². The number of nitrogens with two attached hydrogens (primary N) is 1. The van der Waals surface area contributed by atoms with Crippen LogP contribution >= 0.6 is 0 Å². The van der Waals surface area contributed by atoms with Gasteiger partial charge in [-0.05, 0) is 37.3 Å². The number of fused-ring (bicyclic) bond motifs is 1. The van der Waals surface area contributed by atoms with Crippen LogP contribution in [-0.2, 0) is 4.79 Å². The van der Waals surface area contributed by atoms with Crippen molar-refractivity contribution in [3.05, 3.63) is 30.1 Å². The van der Waals surface area contributed by atoms with Crippen LogP contribution in [0.5, 0.6) is 0 Å². The van der Waals surface area contributed by atoms with Crippen molar-refractivity contribution in [2.45, 2.75) is 32.2 Å². The molecule has 4 rings (SSSR count). The smallest absolute Gasteiger partial charge is 0.252 e. The van der Waals surface area contributed by atoms with Gasteiger partial charge in [0.25, 0.3) is 5.91 Å². The molecule has 2 amide bonds. The first-order valence-electron chi connectivity index (χ1n) is 9.18. The summed E-state index contributed by atoms with van der Waals surface area (Å²) in [5, 5.41) is 17.0. The monoisotopic (exact) mass is 366 g/mol. The number of anilines is 1. The second-order valence-corrected chi connectivity index (χ2v) is 7.60. The Bertz CT molecular complexity index is 955. The minimum atomic E-state index is -0.811. The average Bonchev–Trinajstić information content (AvgIpc) is 3.31. The number of carbonyl (C=O) groups is 2. The summed E-state index contributed by atoms with van der Waals surface area (Å²) in [7, 11) is 0. The summed E-state index contributed by atoms with van der Waals surface area (Å²) in [5.41, 5.74) is 6.46. The summed E-state index contributed by atoms with van der Waals surface area (Å²) >= 11 is 0. The lowest BCUT2D eigenvalue weighted by molar-refractivity contribution is -0.136. The van der Waals surface area contributed by atoms with Gasteiger partial charge in [-0.1, -0.05) is 6.92 Å². The van der Waals surface area contributed by atoms with Crippen molar-refractivity contribution in [2.75, 3.05) is 18.4 Å². The molecule has 1 aliphatic carbocycles. The zero-order valence-electron chi connectivity index (χ0n) is 15.2. The number of hydrogen-bond acceptors (Lipinski definition) is 5. The maximum Gasteiger partial charge on any atom is 0.252 e. The molecule has 2 unspecified atom stereocenters. The van der Waals surface area contributed by atoms with Crippen LogP contribution in [0.4, 0.5) is 5.69 Å². The lowest BCUT2D eigenvalue weighted by atomic mass is 9.91. The molecule has 8 heteroatoms. The number of likely N-dealkylation sites (tertiary alicyclic amines) is 1. The summed E-state index contributed by atoms with van der Waals surface area (Å²) in [6.45, 7) is 3.27. The summed E-state index contributed by atoms with van der Waals surface area (Å²) in [6.07, 6.45) is 5.39. The van der Waals surface area contributed by atoms with Crippen molar-refractivity contribution in [1.29, 1.82) is 5.26 Å². The topological polar surface area (TPSA) is 117 Å². The van der Waals surface area contributed by atoms with Gasteiger partial charge in [-0.2, -0.15) is 10.4 Å². The molecule has 8 nitrogen and oxygen atoms in total. The van der Waals surface area contributed by atoms with Crippen LogP contribution in [0.25, 0.3) is 5.52 Å². The van der Waals surface area contributed by atoms with E-state index in [1.54, 1.807) is 15.6 Å². The van der Waals surface area contributed by atoms with Crippen molar-refractivity contribution in [3.63, 3.8) is 0 Å². The average molecular weight is 366 g/mol. The Hall–Kier alpha value is -3.08. The van der Waals surface area contributed by atoms with Crippen molar-refractivity contribution in [1.82, 2.24) is 14.5 Å². The number of nitriles is 1. The predicted octanol–water partition coefficient (Wildman–Crippen LogP) is 1.39. The van der Waals surface area contributed by atoms with E-state index in [9.17, 15) is 14.9 Å². The molecule has 1 saturated carbocycles. The lowest BCUT2D eigenvalue weighted by Gasteiger charge is -2.39. The van der Waals surface area contributed by atoms with Gasteiger partial charge in [-0.25, -0.2) is 4.52 Å². The maximum atomic E-state index is 12.8. The van der Waals surface area contributed by atoms with Gasteiger partial charge in [0, 0.05) is 25.3 Å². The lowest BCUT2D eigenvalue weighted by Crippen LogP contribution is -2.51. The number of amides is 2. The molecule has 3 N–H and O–H groups in total. The van der Waals surface area contributed by atoms with E-state index >= 15 is 0 Å². The molecule has 2 aliphatic rings. The van der Waals surface area contributed by atoms with Crippen LogP contribution in [0.3, 0.4) is 0 Å². The third-order valence-electron chi connectivity index (χ3n) is 5.78. The highest BCUT2D eigenvalue weighted by Crippen LogP contribution is 2.47. The number of rotatable bonds is 4. The SMILES string of the molecule is CC1CCN(C(=O)C2(C#N)CC2)CC1Nc1c(C(N)=O)cnn2cccc12. The Morgan fingerprint density at radius 3 is 2.89 bits per heavy atom. The molecular formula is C19H22N6O2. The van der Waals surface area contributed by atoms with E-state index in [2.05, 4.69) is 23.4 Å². The van der Waals surface area contributed by atoms with Gasteiger partial charge in [0.15, 0.2) is 0 Å². The first-order valence-corrected chi connectivity index (χ1v) is 9.18. The molecule has 0 aromatic carbocycles. The van der Waals surface area contributed by atoms with Crippen LogP contribution in [0.15, 0.2) is 24.5 Å². The number of hydrogen-bond donors (Lipinski definition) is 2. The minimum absolute atomic E-state index is 0.0450. The van der Waals surface area contributed by atoms with Gasteiger partial charge in [0.2, 0.25) is 5.91 Å². The van der Waals surface area contributed by atoms with E-state index in [-0.39, 0.29) is 11.9 Å². The van der Waals surface area contributed by atoms with E-state index < -0.39 is 11.3 Å².